The van der Waals surface area contributed by atoms with Crippen LogP contribution in [0.15, 0.2) is 0 Å². The minimum absolute atomic E-state index is 0.200. The number of hydrogen-bond acceptors (Lipinski definition) is 8. The summed E-state index contributed by atoms with van der Waals surface area (Å²) in [6.07, 6.45) is 46.6. The van der Waals surface area contributed by atoms with Crippen LogP contribution in [0.3, 0.4) is 0 Å². The molecule has 0 radical (unpaired) electrons. The monoisotopic (exact) mass is 851 g/mol. The molecule has 0 atom stereocenters. The normalized spacial score (nSPS) is 11.5. The zero-order chi connectivity index (χ0) is 43.8. The molecule has 0 aromatic rings. The van der Waals surface area contributed by atoms with E-state index in [-0.39, 0.29) is 37.2 Å². The highest BCUT2D eigenvalue weighted by atomic mass is 16.5. The summed E-state index contributed by atoms with van der Waals surface area (Å²) < 4.78 is 16.7. The van der Waals surface area contributed by atoms with Crippen LogP contribution < -0.4 is 0 Å². The summed E-state index contributed by atoms with van der Waals surface area (Å²) in [6, 6.07) is 0. The summed E-state index contributed by atoms with van der Waals surface area (Å²) in [5.74, 6) is -0.630. The molecule has 0 saturated carbocycles. The third-order valence-electron chi connectivity index (χ3n) is 12.1. The van der Waals surface area contributed by atoms with Crippen molar-refractivity contribution in [2.45, 2.75) is 271 Å². The Morgan fingerprint density at radius 2 is 0.500 bits per heavy atom. The standard InChI is InChI=1S/C52H102N2O6/c1-5-8-11-14-17-20-23-26-29-32-35-38-47-58-50(55)41-44-53(4)54(45-42-51(56)59-48-39-36-33-30-27-24-21-18-15-12-9-6-2)46-43-52(57)60-49-40-37-34-31-28-25-22-19-16-13-10-7-3/h5-49H2,1-4H3. The predicted octanol–water partition coefficient (Wildman–Crippen LogP) is 15.0. The summed E-state index contributed by atoms with van der Waals surface area (Å²) >= 11 is 0. The predicted molar refractivity (Wildman–Crippen MR) is 254 cm³/mol. The second-order valence-electron chi connectivity index (χ2n) is 17.9. The molecule has 8 heteroatoms. The Kier molecular flexibility index (Phi) is 47.0. The Bertz CT molecular complexity index is 871. The molecule has 0 aliphatic carbocycles. The lowest BCUT2D eigenvalue weighted by atomic mass is 10.1. The summed E-state index contributed by atoms with van der Waals surface area (Å²) in [5.41, 5.74) is 0. The van der Waals surface area contributed by atoms with Crippen LogP contribution in [-0.2, 0) is 28.6 Å². The molecule has 0 spiro atoms. The lowest BCUT2D eigenvalue weighted by molar-refractivity contribution is -0.149. The highest BCUT2D eigenvalue weighted by Gasteiger charge is 2.18. The lowest BCUT2D eigenvalue weighted by Crippen LogP contribution is -2.43. The first-order valence-corrected chi connectivity index (χ1v) is 26.4. The molecule has 0 rings (SSSR count). The molecular formula is C52H102N2O6. The van der Waals surface area contributed by atoms with Crippen molar-refractivity contribution < 1.29 is 28.6 Å². The van der Waals surface area contributed by atoms with Gasteiger partial charge >= 0.3 is 17.9 Å². The molecule has 0 fully saturated rings. The molecule has 0 aliphatic heterocycles. The van der Waals surface area contributed by atoms with Crippen molar-refractivity contribution in [2.24, 2.45) is 0 Å². The van der Waals surface area contributed by atoms with Crippen LogP contribution in [0.1, 0.15) is 271 Å². The molecule has 0 saturated heterocycles. The average molecular weight is 851 g/mol. The summed E-state index contributed by atoms with van der Waals surface area (Å²) in [5, 5.41) is 3.93. The second kappa shape index (κ2) is 48.4. The van der Waals surface area contributed by atoms with Crippen LogP contribution in [-0.4, -0.2) is 74.4 Å². The topological polar surface area (TPSA) is 85.4 Å². The van der Waals surface area contributed by atoms with E-state index in [4.69, 9.17) is 14.2 Å². The van der Waals surface area contributed by atoms with Crippen molar-refractivity contribution in [2.75, 3.05) is 46.5 Å². The fourth-order valence-corrected chi connectivity index (χ4v) is 7.89. The first kappa shape index (κ1) is 58.3. The number of rotatable bonds is 49. The molecule has 0 unspecified atom stereocenters. The molecule has 0 amide bonds. The van der Waals surface area contributed by atoms with Crippen LogP contribution in [0.5, 0.6) is 0 Å². The van der Waals surface area contributed by atoms with E-state index in [0.29, 0.717) is 39.5 Å². The van der Waals surface area contributed by atoms with Gasteiger partial charge in [-0.2, -0.15) is 0 Å². The zero-order valence-corrected chi connectivity index (χ0v) is 40.7. The van der Waals surface area contributed by atoms with Gasteiger partial charge in [0.05, 0.1) is 39.1 Å². The van der Waals surface area contributed by atoms with E-state index in [1.807, 2.05) is 17.1 Å². The van der Waals surface area contributed by atoms with Crippen molar-refractivity contribution in [1.82, 2.24) is 10.0 Å². The van der Waals surface area contributed by atoms with E-state index in [1.54, 1.807) is 0 Å². The van der Waals surface area contributed by atoms with Crippen molar-refractivity contribution in [3.63, 3.8) is 0 Å². The fraction of sp³-hybridized carbons (Fsp3) is 0.942. The first-order valence-electron chi connectivity index (χ1n) is 26.4. The maximum absolute atomic E-state index is 12.7. The van der Waals surface area contributed by atoms with Crippen LogP contribution in [0, 0.1) is 0 Å². The van der Waals surface area contributed by atoms with Gasteiger partial charge in [0.1, 0.15) is 0 Å². The Morgan fingerprint density at radius 1 is 0.300 bits per heavy atom. The number of hydrogen-bond donors (Lipinski definition) is 0. The number of carbonyl (C=O) groups is 3. The minimum atomic E-state index is -0.215. The Labute approximate surface area is 373 Å². The molecule has 0 bridgehead atoms. The quantitative estimate of drug-likeness (QED) is 0.0259. The minimum Gasteiger partial charge on any atom is -0.466 e. The molecule has 0 heterocycles. The maximum Gasteiger partial charge on any atom is 0.307 e. The third-order valence-corrected chi connectivity index (χ3v) is 12.1. The fourth-order valence-electron chi connectivity index (χ4n) is 7.89. The van der Waals surface area contributed by atoms with Gasteiger partial charge < -0.3 is 14.2 Å². The zero-order valence-electron chi connectivity index (χ0n) is 40.7. The Hall–Kier alpha value is -1.67. The summed E-state index contributed by atoms with van der Waals surface area (Å²) in [6.45, 7) is 9.50. The van der Waals surface area contributed by atoms with Gasteiger partial charge in [-0.3, -0.25) is 14.4 Å². The van der Waals surface area contributed by atoms with E-state index < -0.39 is 0 Å². The average Bonchev–Trinajstić information content (AvgIpc) is 3.24. The van der Waals surface area contributed by atoms with Gasteiger partial charge in [0.2, 0.25) is 0 Å². The molecule has 0 N–H and O–H groups in total. The molecule has 8 nitrogen and oxygen atoms in total. The largest absolute Gasteiger partial charge is 0.466 e. The number of nitrogens with zero attached hydrogens (tertiary/aromatic N) is 2. The van der Waals surface area contributed by atoms with E-state index in [9.17, 15) is 14.4 Å². The van der Waals surface area contributed by atoms with Crippen molar-refractivity contribution >= 4 is 17.9 Å². The highest BCUT2D eigenvalue weighted by molar-refractivity contribution is 5.70. The van der Waals surface area contributed by atoms with Gasteiger partial charge in [-0.25, -0.2) is 10.0 Å². The van der Waals surface area contributed by atoms with Crippen LogP contribution >= 0.6 is 0 Å². The van der Waals surface area contributed by atoms with Gasteiger partial charge in [0, 0.05) is 26.7 Å². The molecule has 0 aromatic heterocycles. The van der Waals surface area contributed by atoms with Crippen molar-refractivity contribution in [3.05, 3.63) is 0 Å². The third kappa shape index (κ3) is 44.4. The summed E-state index contributed by atoms with van der Waals surface area (Å²) in [4.78, 5) is 38.0. The second-order valence-corrected chi connectivity index (χ2v) is 17.9. The number of carbonyl (C=O) groups excluding carboxylic acids is 3. The molecular weight excluding hydrogens is 749 g/mol. The van der Waals surface area contributed by atoms with Gasteiger partial charge in [-0.15, -0.1) is 0 Å². The van der Waals surface area contributed by atoms with Gasteiger partial charge in [-0.05, 0) is 19.3 Å². The smallest absolute Gasteiger partial charge is 0.307 e. The lowest BCUT2D eigenvalue weighted by Gasteiger charge is -2.31. The van der Waals surface area contributed by atoms with E-state index in [2.05, 4.69) is 20.8 Å². The maximum atomic E-state index is 12.7. The SMILES string of the molecule is CCCCCCCCCCCCCCOC(=O)CCN(C)N(CCC(=O)OCCCCCCCCCCCCCC)CCC(=O)OCCCCCCCCCCCCCC. The van der Waals surface area contributed by atoms with Crippen molar-refractivity contribution in [1.29, 1.82) is 0 Å². The van der Waals surface area contributed by atoms with E-state index in [0.717, 1.165) is 38.5 Å². The van der Waals surface area contributed by atoms with E-state index in [1.165, 1.54) is 193 Å². The van der Waals surface area contributed by atoms with Crippen LogP contribution in [0.4, 0.5) is 0 Å². The number of esters is 3. The highest BCUT2D eigenvalue weighted by Crippen LogP contribution is 2.15. The summed E-state index contributed by atoms with van der Waals surface area (Å²) in [7, 11) is 1.91. The molecule has 0 aliphatic rings. The van der Waals surface area contributed by atoms with Gasteiger partial charge in [0.15, 0.2) is 0 Å². The van der Waals surface area contributed by atoms with Gasteiger partial charge in [0.25, 0.3) is 0 Å². The first-order chi connectivity index (χ1) is 29.4. The number of ether oxygens (including phenoxy) is 3. The Balaban J connectivity index is 4.42. The van der Waals surface area contributed by atoms with E-state index >= 15 is 0 Å². The van der Waals surface area contributed by atoms with Crippen LogP contribution in [0.25, 0.3) is 0 Å². The molecule has 356 valence electrons. The number of hydrazine groups is 1. The number of unbranched alkanes of at least 4 members (excludes halogenated alkanes) is 33. The van der Waals surface area contributed by atoms with Crippen molar-refractivity contribution in [3.8, 4) is 0 Å². The van der Waals surface area contributed by atoms with Gasteiger partial charge in [-0.1, -0.05) is 233 Å². The molecule has 60 heavy (non-hydrogen) atoms. The Morgan fingerprint density at radius 3 is 0.733 bits per heavy atom. The van der Waals surface area contributed by atoms with Crippen LogP contribution in [0.2, 0.25) is 0 Å². The molecule has 0 aromatic carbocycles.